The number of nitrogens with zero attached hydrogens (tertiary/aromatic N) is 3. The standard InChI is InChI=1S/C18H28N4O3/c1-21-9-5-6-13(21)11-24-16-10-14(18(19)23)22(2)15(16)12-25-17-7-3-4-8-20-17/h3-4,7-8,13-16H,5-6,9-12H2,1-2H3,(H2,19,23)/t13-,14?,15-,16?/m0/s1. The van der Waals surface area contributed by atoms with Gasteiger partial charge >= 0.3 is 0 Å². The molecule has 2 N–H and O–H groups in total. The van der Waals surface area contributed by atoms with Crippen molar-refractivity contribution in [2.24, 2.45) is 5.73 Å². The molecule has 0 radical (unpaired) electrons. The lowest BCUT2D eigenvalue weighted by molar-refractivity contribution is -0.122. The van der Waals surface area contributed by atoms with Crippen molar-refractivity contribution in [3.8, 4) is 5.88 Å². The van der Waals surface area contributed by atoms with Gasteiger partial charge in [-0.25, -0.2) is 4.98 Å². The van der Waals surface area contributed by atoms with Crippen LogP contribution in [0.2, 0.25) is 0 Å². The molecule has 1 amide bonds. The number of likely N-dealkylation sites (tertiary alicyclic amines) is 2. The Morgan fingerprint density at radius 2 is 2.20 bits per heavy atom. The van der Waals surface area contributed by atoms with Crippen LogP contribution in [0.4, 0.5) is 0 Å². The number of ether oxygens (including phenoxy) is 2. The molecule has 1 aromatic heterocycles. The normalized spacial score (nSPS) is 30.6. The van der Waals surface area contributed by atoms with Gasteiger partial charge in [0.05, 0.1) is 24.8 Å². The molecule has 0 bridgehead atoms. The predicted molar refractivity (Wildman–Crippen MR) is 94.3 cm³/mol. The molecule has 138 valence electrons. The van der Waals surface area contributed by atoms with Crippen LogP contribution >= 0.6 is 0 Å². The fraction of sp³-hybridized carbons (Fsp3) is 0.667. The zero-order valence-electron chi connectivity index (χ0n) is 15.0. The summed E-state index contributed by atoms with van der Waals surface area (Å²) in [5.74, 6) is 0.266. The second-order valence-corrected chi connectivity index (χ2v) is 7.01. The van der Waals surface area contributed by atoms with E-state index in [0.717, 1.165) is 13.0 Å². The van der Waals surface area contributed by atoms with Gasteiger partial charge in [-0.15, -0.1) is 0 Å². The number of rotatable bonds is 7. The molecule has 3 heterocycles. The fourth-order valence-electron chi connectivity index (χ4n) is 3.79. The molecule has 4 atom stereocenters. The number of carbonyl (C=O) groups excluding carboxylic acids is 1. The molecular formula is C18H28N4O3. The molecule has 0 aliphatic carbocycles. The summed E-state index contributed by atoms with van der Waals surface area (Å²) < 4.78 is 12.0. The molecule has 1 aromatic rings. The summed E-state index contributed by atoms with van der Waals surface area (Å²) >= 11 is 0. The smallest absolute Gasteiger partial charge is 0.234 e. The summed E-state index contributed by atoms with van der Waals surface area (Å²) in [5.41, 5.74) is 5.56. The van der Waals surface area contributed by atoms with Gasteiger partial charge in [-0.05, 0) is 46.0 Å². The molecule has 0 saturated carbocycles. The molecular weight excluding hydrogens is 320 g/mol. The maximum absolute atomic E-state index is 11.8. The van der Waals surface area contributed by atoms with Crippen LogP contribution in [-0.2, 0) is 9.53 Å². The molecule has 2 unspecified atom stereocenters. The maximum atomic E-state index is 11.8. The quantitative estimate of drug-likeness (QED) is 0.773. The molecule has 0 aromatic carbocycles. The van der Waals surface area contributed by atoms with E-state index < -0.39 is 0 Å². The number of likely N-dealkylation sites (N-methyl/N-ethyl adjacent to an activating group) is 2. The molecule has 2 aliphatic heterocycles. The topological polar surface area (TPSA) is 80.9 Å². The van der Waals surface area contributed by atoms with E-state index in [-0.39, 0.29) is 24.1 Å². The van der Waals surface area contributed by atoms with E-state index in [2.05, 4.69) is 16.9 Å². The monoisotopic (exact) mass is 348 g/mol. The molecule has 2 aliphatic rings. The van der Waals surface area contributed by atoms with Crippen molar-refractivity contribution in [2.75, 3.05) is 33.9 Å². The highest BCUT2D eigenvalue weighted by Crippen LogP contribution is 2.27. The Kier molecular flexibility index (Phi) is 5.88. The highest BCUT2D eigenvalue weighted by molar-refractivity contribution is 5.80. The average Bonchev–Trinajstić information content (AvgIpc) is 3.15. The SMILES string of the molecule is CN1CCC[C@H]1COC1CC(C(N)=O)N(C)[C@H]1COc1ccccn1. The zero-order chi connectivity index (χ0) is 17.8. The summed E-state index contributed by atoms with van der Waals surface area (Å²) in [6.45, 7) is 2.22. The number of amides is 1. The minimum atomic E-state index is -0.316. The Bertz CT molecular complexity index is 571. The van der Waals surface area contributed by atoms with E-state index in [4.69, 9.17) is 15.2 Å². The maximum Gasteiger partial charge on any atom is 0.234 e. The van der Waals surface area contributed by atoms with Gasteiger partial charge in [0.25, 0.3) is 0 Å². The van der Waals surface area contributed by atoms with Gasteiger partial charge in [0.15, 0.2) is 0 Å². The molecule has 2 fully saturated rings. The van der Waals surface area contributed by atoms with Gasteiger partial charge in [0.1, 0.15) is 6.61 Å². The fourth-order valence-corrected chi connectivity index (χ4v) is 3.79. The third-order valence-electron chi connectivity index (χ3n) is 5.44. The van der Waals surface area contributed by atoms with Crippen molar-refractivity contribution >= 4 is 5.91 Å². The van der Waals surface area contributed by atoms with Gasteiger partial charge in [-0.3, -0.25) is 9.69 Å². The van der Waals surface area contributed by atoms with Crippen LogP contribution < -0.4 is 10.5 Å². The van der Waals surface area contributed by atoms with Crippen LogP contribution in [0.25, 0.3) is 0 Å². The predicted octanol–water partition coefficient (Wildman–Crippen LogP) is 0.498. The molecule has 2 saturated heterocycles. The lowest BCUT2D eigenvalue weighted by atomic mass is 10.1. The highest BCUT2D eigenvalue weighted by Gasteiger charge is 2.43. The summed E-state index contributed by atoms with van der Waals surface area (Å²) in [5, 5.41) is 0. The van der Waals surface area contributed by atoms with Crippen molar-refractivity contribution in [3.63, 3.8) is 0 Å². The molecule has 7 nitrogen and oxygen atoms in total. The van der Waals surface area contributed by atoms with E-state index in [1.54, 1.807) is 6.20 Å². The summed E-state index contributed by atoms with van der Waals surface area (Å²) in [4.78, 5) is 20.3. The van der Waals surface area contributed by atoms with Crippen LogP contribution in [0.1, 0.15) is 19.3 Å². The van der Waals surface area contributed by atoms with Crippen LogP contribution in [0.3, 0.4) is 0 Å². The van der Waals surface area contributed by atoms with Crippen LogP contribution in [0, 0.1) is 0 Å². The minimum absolute atomic E-state index is 0.0220. The number of aromatic nitrogens is 1. The van der Waals surface area contributed by atoms with Crippen molar-refractivity contribution in [3.05, 3.63) is 24.4 Å². The van der Waals surface area contributed by atoms with E-state index in [1.165, 1.54) is 6.42 Å². The summed E-state index contributed by atoms with van der Waals surface area (Å²) in [6.07, 6.45) is 4.61. The van der Waals surface area contributed by atoms with Crippen LogP contribution in [0.5, 0.6) is 5.88 Å². The first-order valence-corrected chi connectivity index (χ1v) is 8.93. The zero-order valence-corrected chi connectivity index (χ0v) is 15.0. The first kappa shape index (κ1) is 18.1. The lowest BCUT2D eigenvalue weighted by Gasteiger charge is -2.28. The minimum Gasteiger partial charge on any atom is -0.476 e. The van der Waals surface area contributed by atoms with Crippen LogP contribution in [0.15, 0.2) is 24.4 Å². The largest absolute Gasteiger partial charge is 0.476 e. The number of pyridine rings is 1. The number of hydrogen-bond donors (Lipinski definition) is 1. The first-order chi connectivity index (χ1) is 12.1. The van der Waals surface area contributed by atoms with Gasteiger partial charge in [-0.2, -0.15) is 0 Å². The number of nitrogens with two attached hydrogens (primary N) is 1. The molecule has 3 rings (SSSR count). The number of hydrogen-bond acceptors (Lipinski definition) is 6. The Hall–Kier alpha value is -1.70. The van der Waals surface area contributed by atoms with Gasteiger partial charge in [0.2, 0.25) is 11.8 Å². The van der Waals surface area contributed by atoms with Crippen molar-refractivity contribution in [1.82, 2.24) is 14.8 Å². The highest BCUT2D eigenvalue weighted by atomic mass is 16.5. The van der Waals surface area contributed by atoms with Crippen molar-refractivity contribution < 1.29 is 14.3 Å². The third kappa shape index (κ3) is 4.29. The second kappa shape index (κ2) is 8.12. The Morgan fingerprint density at radius 3 is 2.84 bits per heavy atom. The number of carbonyl (C=O) groups is 1. The molecule has 7 heteroatoms. The van der Waals surface area contributed by atoms with Gasteiger partial charge in [0, 0.05) is 18.3 Å². The Balaban J connectivity index is 1.61. The van der Waals surface area contributed by atoms with Crippen molar-refractivity contribution in [1.29, 1.82) is 0 Å². The van der Waals surface area contributed by atoms with Crippen LogP contribution in [-0.4, -0.2) is 78.8 Å². The first-order valence-electron chi connectivity index (χ1n) is 8.93. The van der Waals surface area contributed by atoms with Gasteiger partial charge in [-0.1, -0.05) is 6.07 Å². The van der Waals surface area contributed by atoms with E-state index >= 15 is 0 Å². The van der Waals surface area contributed by atoms with E-state index in [9.17, 15) is 4.79 Å². The summed E-state index contributed by atoms with van der Waals surface area (Å²) in [7, 11) is 4.04. The Morgan fingerprint density at radius 1 is 1.36 bits per heavy atom. The summed E-state index contributed by atoms with van der Waals surface area (Å²) in [6, 6.07) is 5.67. The van der Waals surface area contributed by atoms with Crippen molar-refractivity contribution in [2.45, 2.75) is 43.5 Å². The van der Waals surface area contributed by atoms with E-state index in [1.807, 2.05) is 30.1 Å². The lowest BCUT2D eigenvalue weighted by Crippen LogP contribution is -2.45. The third-order valence-corrected chi connectivity index (χ3v) is 5.44. The Labute approximate surface area is 149 Å². The second-order valence-electron chi connectivity index (χ2n) is 7.01. The van der Waals surface area contributed by atoms with E-state index in [0.29, 0.717) is 31.6 Å². The molecule has 0 spiro atoms. The average molecular weight is 348 g/mol. The number of primary amides is 1. The van der Waals surface area contributed by atoms with Gasteiger partial charge < -0.3 is 20.1 Å². The molecule has 25 heavy (non-hydrogen) atoms.